The summed E-state index contributed by atoms with van der Waals surface area (Å²) in [5.41, 5.74) is 1.03. The standard InChI is InChI=1S/C11H15NO3S/c1-8-3-4-11(10(5-8)12(14)15)16-7-9(2)6-13/h3-5,9,13H,6-7H2,1-2H3. The third-order valence-electron chi connectivity index (χ3n) is 2.15. The fraction of sp³-hybridized carbons (Fsp3) is 0.455. The fourth-order valence-corrected chi connectivity index (χ4v) is 2.19. The molecule has 1 rings (SSSR count). The normalized spacial score (nSPS) is 12.4. The average Bonchev–Trinajstić information content (AvgIpc) is 2.26. The minimum absolute atomic E-state index is 0.104. The van der Waals surface area contributed by atoms with Gasteiger partial charge in [0.15, 0.2) is 0 Å². The fourth-order valence-electron chi connectivity index (χ4n) is 1.18. The van der Waals surface area contributed by atoms with E-state index in [4.69, 9.17) is 5.11 Å². The minimum Gasteiger partial charge on any atom is -0.396 e. The van der Waals surface area contributed by atoms with E-state index < -0.39 is 0 Å². The average molecular weight is 241 g/mol. The zero-order chi connectivity index (χ0) is 12.1. The maximum atomic E-state index is 10.8. The number of aliphatic hydroxyl groups is 1. The molecule has 0 aliphatic heterocycles. The van der Waals surface area contributed by atoms with Gasteiger partial charge in [-0.25, -0.2) is 0 Å². The second kappa shape index (κ2) is 5.86. The van der Waals surface area contributed by atoms with E-state index in [1.807, 2.05) is 19.9 Å². The molecule has 1 unspecified atom stereocenters. The molecule has 0 saturated heterocycles. The predicted octanol–water partition coefficient (Wildman–Crippen LogP) is 2.62. The lowest BCUT2D eigenvalue weighted by molar-refractivity contribution is -0.387. The Hall–Kier alpha value is -1.07. The van der Waals surface area contributed by atoms with E-state index in [1.165, 1.54) is 11.8 Å². The molecule has 16 heavy (non-hydrogen) atoms. The van der Waals surface area contributed by atoms with Gasteiger partial charge in [0, 0.05) is 18.4 Å². The number of aryl methyl sites for hydroxylation is 1. The lowest BCUT2D eigenvalue weighted by atomic mass is 10.2. The number of nitrogens with zero attached hydrogens (tertiary/aromatic N) is 1. The molecule has 1 atom stereocenters. The molecule has 0 aromatic heterocycles. The van der Waals surface area contributed by atoms with Crippen LogP contribution in [0.5, 0.6) is 0 Å². The highest BCUT2D eigenvalue weighted by molar-refractivity contribution is 7.99. The monoisotopic (exact) mass is 241 g/mol. The molecule has 0 aliphatic carbocycles. The quantitative estimate of drug-likeness (QED) is 0.489. The van der Waals surface area contributed by atoms with Crippen LogP contribution >= 0.6 is 11.8 Å². The van der Waals surface area contributed by atoms with E-state index in [0.717, 1.165) is 5.56 Å². The highest BCUT2D eigenvalue weighted by Gasteiger charge is 2.14. The Kier molecular flexibility index (Phi) is 4.76. The molecular weight excluding hydrogens is 226 g/mol. The number of hydrogen-bond acceptors (Lipinski definition) is 4. The van der Waals surface area contributed by atoms with Gasteiger partial charge in [0.1, 0.15) is 0 Å². The van der Waals surface area contributed by atoms with Crippen molar-refractivity contribution in [3.8, 4) is 0 Å². The van der Waals surface area contributed by atoms with Crippen molar-refractivity contribution in [2.24, 2.45) is 5.92 Å². The van der Waals surface area contributed by atoms with Crippen LogP contribution in [0.4, 0.5) is 5.69 Å². The van der Waals surface area contributed by atoms with Crippen LogP contribution in [0.2, 0.25) is 0 Å². The smallest absolute Gasteiger partial charge is 0.283 e. The van der Waals surface area contributed by atoms with Crippen LogP contribution in [-0.4, -0.2) is 22.4 Å². The molecule has 0 amide bonds. The molecule has 0 aliphatic rings. The Morgan fingerprint density at radius 3 is 2.81 bits per heavy atom. The third-order valence-corrected chi connectivity index (χ3v) is 3.54. The van der Waals surface area contributed by atoms with Gasteiger partial charge in [-0.15, -0.1) is 11.8 Å². The van der Waals surface area contributed by atoms with Gasteiger partial charge < -0.3 is 5.11 Å². The van der Waals surface area contributed by atoms with Gasteiger partial charge in [-0.05, 0) is 24.5 Å². The number of aliphatic hydroxyl groups excluding tert-OH is 1. The van der Waals surface area contributed by atoms with Gasteiger partial charge in [-0.2, -0.15) is 0 Å². The van der Waals surface area contributed by atoms with Crippen LogP contribution in [0.3, 0.4) is 0 Å². The van der Waals surface area contributed by atoms with Crippen molar-refractivity contribution in [1.29, 1.82) is 0 Å². The Morgan fingerprint density at radius 1 is 1.56 bits per heavy atom. The molecule has 88 valence electrons. The molecule has 1 aromatic carbocycles. The summed E-state index contributed by atoms with van der Waals surface area (Å²) in [6, 6.07) is 5.20. The Bertz CT molecular complexity index is 381. The summed E-state index contributed by atoms with van der Waals surface area (Å²) in [7, 11) is 0. The number of thioether (sulfide) groups is 1. The number of nitro benzene ring substituents is 1. The largest absolute Gasteiger partial charge is 0.396 e. The first-order chi connectivity index (χ1) is 7.54. The summed E-state index contributed by atoms with van der Waals surface area (Å²) >= 11 is 1.42. The van der Waals surface area contributed by atoms with Crippen LogP contribution in [-0.2, 0) is 0 Å². The molecule has 0 saturated carbocycles. The zero-order valence-corrected chi connectivity index (χ0v) is 10.2. The first-order valence-electron chi connectivity index (χ1n) is 5.03. The summed E-state index contributed by atoms with van der Waals surface area (Å²) in [6.45, 7) is 3.84. The SMILES string of the molecule is Cc1ccc(SCC(C)CO)c([N+](=O)[O-])c1. The number of rotatable bonds is 5. The molecule has 0 fully saturated rings. The lowest BCUT2D eigenvalue weighted by Crippen LogP contribution is -2.03. The van der Waals surface area contributed by atoms with E-state index in [2.05, 4.69) is 0 Å². The van der Waals surface area contributed by atoms with Gasteiger partial charge in [0.2, 0.25) is 0 Å². The van der Waals surface area contributed by atoms with Gasteiger partial charge in [-0.1, -0.05) is 13.0 Å². The van der Waals surface area contributed by atoms with Gasteiger partial charge >= 0.3 is 0 Å². The minimum atomic E-state index is -0.362. The number of hydrogen-bond donors (Lipinski definition) is 1. The van der Waals surface area contributed by atoms with Crippen LogP contribution in [0, 0.1) is 23.0 Å². The first-order valence-corrected chi connectivity index (χ1v) is 6.02. The van der Waals surface area contributed by atoms with E-state index >= 15 is 0 Å². The van der Waals surface area contributed by atoms with Crippen molar-refractivity contribution < 1.29 is 10.0 Å². The Balaban J connectivity index is 2.82. The summed E-state index contributed by atoms with van der Waals surface area (Å²) in [6.07, 6.45) is 0. The second-order valence-corrected chi connectivity index (χ2v) is 4.89. The molecule has 5 heteroatoms. The summed E-state index contributed by atoms with van der Waals surface area (Å²) in [5.74, 6) is 0.825. The molecule has 1 aromatic rings. The van der Waals surface area contributed by atoms with Gasteiger partial charge in [0.05, 0.1) is 9.82 Å². The number of benzene rings is 1. The predicted molar refractivity (Wildman–Crippen MR) is 64.8 cm³/mol. The highest BCUT2D eigenvalue weighted by atomic mass is 32.2. The van der Waals surface area contributed by atoms with E-state index in [9.17, 15) is 10.1 Å². The van der Waals surface area contributed by atoms with Crippen molar-refractivity contribution in [3.05, 3.63) is 33.9 Å². The Morgan fingerprint density at radius 2 is 2.25 bits per heavy atom. The lowest BCUT2D eigenvalue weighted by Gasteiger charge is -2.07. The molecule has 0 bridgehead atoms. The van der Waals surface area contributed by atoms with E-state index in [1.54, 1.807) is 12.1 Å². The highest BCUT2D eigenvalue weighted by Crippen LogP contribution is 2.30. The van der Waals surface area contributed by atoms with Crippen molar-refractivity contribution >= 4 is 17.4 Å². The van der Waals surface area contributed by atoms with E-state index in [-0.39, 0.29) is 23.1 Å². The van der Waals surface area contributed by atoms with E-state index in [0.29, 0.717) is 10.6 Å². The van der Waals surface area contributed by atoms with Crippen molar-refractivity contribution in [2.45, 2.75) is 18.7 Å². The maximum absolute atomic E-state index is 10.8. The summed E-state index contributed by atoms with van der Waals surface area (Å²) in [4.78, 5) is 11.1. The number of nitro groups is 1. The van der Waals surface area contributed by atoms with Crippen LogP contribution in [0.1, 0.15) is 12.5 Å². The van der Waals surface area contributed by atoms with Gasteiger partial charge in [0.25, 0.3) is 5.69 Å². The summed E-state index contributed by atoms with van der Waals surface area (Å²) < 4.78 is 0. The molecule has 0 spiro atoms. The van der Waals surface area contributed by atoms with Crippen LogP contribution < -0.4 is 0 Å². The van der Waals surface area contributed by atoms with Crippen molar-refractivity contribution in [1.82, 2.24) is 0 Å². The molecule has 1 N–H and O–H groups in total. The Labute approximate surface area is 98.8 Å². The maximum Gasteiger partial charge on any atom is 0.283 e. The third kappa shape index (κ3) is 3.50. The second-order valence-electron chi connectivity index (χ2n) is 3.83. The molecule has 0 heterocycles. The zero-order valence-electron chi connectivity index (χ0n) is 9.34. The topological polar surface area (TPSA) is 63.4 Å². The summed E-state index contributed by atoms with van der Waals surface area (Å²) in [5, 5.41) is 19.7. The van der Waals surface area contributed by atoms with Gasteiger partial charge in [-0.3, -0.25) is 10.1 Å². The first kappa shape index (κ1) is 13.0. The van der Waals surface area contributed by atoms with Crippen molar-refractivity contribution in [2.75, 3.05) is 12.4 Å². The van der Waals surface area contributed by atoms with Crippen LogP contribution in [0.25, 0.3) is 0 Å². The molecule has 0 radical (unpaired) electrons. The van der Waals surface area contributed by atoms with Crippen LogP contribution in [0.15, 0.2) is 23.1 Å². The van der Waals surface area contributed by atoms with Crippen molar-refractivity contribution in [3.63, 3.8) is 0 Å². The molecule has 4 nitrogen and oxygen atoms in total. The molecular formula is C11H15NO3S.